The Morgan fingerprint density at radius 1 is 1.19 bits per heavy atom. The van der Waals surface area contributed by atoms with Gasteiger partial charge in [-0.05, 0) is 17.0 Å². The van der Waals surface area contributed by atoms with Crippen molar-refractivity contribution in [2.75, 3.05) is 6.61 Å². The molecule has 1 aromatic carbocycles. The first-order valence-corrected chi connectivity index (χ1v) is 7.01. The fourth-order valence-electron chi connectivity index (χ4n) is 3.24. The Morgan fingerprint density at radius 3 is 2.43 bits per heavy atom. The van der Waals surface area contributed by atoms with Crippen LogP contribution in [0, 0.1) is 29.1 Å². The van der Waals surface area contributed by atoms with E-state index in [0.29, 0.717) is 0 Å². The molecule has 21 heavy (non-hydrogen) atoms. The van der Waals surface area contributed by atoms with Gasteiger partial charge < -0.3 is 5.11 Å². The summed E-state index contributed by atoms with van der Waals surface area (Å²) in [5, 5.41) is 8.79. The maximum absolute atomic E-state index is 12.3. The van der Waals surface area contributed by atoms with Crippen LogP contribution in [0.1, 0.15) is 25.0 Å². The Hall–Kier alpha value is -2.12. The number of hydrogen-bond acceptors (Lipinski definition) is 3. The van der Waals surface area contributed by atoms with Gasteiger partial charge in [-0.1, -0.05) is 43.9 Å². The number of aliphatic hydroxyl groups is 1. The number of amides is 2. The maximum Gasteiger partial charge on any atom is 0.233 e. The summed E-state index contributed by atoms with van der Waals surface area (Å²) in [4.78, 5) is 26.0. The number of hydrogen-bond donors (Lipinski definition) is 1. The van der Waals surface area contributed by atoms with Crippen LogP contribution in [0.25, 0.3) is 0 Å². The molecule has 1 aliphatic heterocycles. The van der Waals surface area contributed by atoms with E-state index in [0.717, 1.165) is 11.1 Å². The van der Waals surface area contributed by atoms with Crippen molar-refractivity contribution in [3.05, 3.63) is 35.4 Å². The first kappa shape index (κ1) is 13.8. The molecule has 2 aliphatic rings. The van der Waals surface area contributed by atoms with Crippen LogP contribution in [0.4, 0.5) is 0 Å². The molecule has 2 amide bonds. The second kappa shape index (κ2) is 4.71. The highest BCUT2D eigenvalue weighted by atomic mass is 16.2. The fourth-order valence-corrected chi connectivity index (χ4v) is 3.24. The summed E-state index contributed by atoms with van der Waals surface area (Å²) in [5.74, 6) is 5.01. The average Bonchev–Trinajstić information content (AvgIpc) is 2.93. The van der Waals surface area contributed by atoms with Crippen LogP contribution < -0.4 is 0 Å². The minimum absolute atomic E-state index is 0.0695. The first-order chi connectivity index (χ1) is 9.98. The van der Waals surface area contributed by atoms with Gasteiger partial charge in [0, 0.05) is 5.56 Å². The van der Waals surface area contributed by atoms with Crippen molar-refractivity contribution in [1.82, 2.24) is 4.90 Å². The van der Waals surface area contributed by atoms with Crippen molar-refractivity contribution in [2.24, 2.45) is 17.3 Å². The van der Waals surface area contributed by atoms with Crippen molar-refractivity contribution < 1.29 is 14.7 Å². The number of fused-ring (bicyclic) bond motifs is 1. The molecule has 0 radical (unpaired) electrons. The topological polar surface area (TPSA) is 57.6 Å². The summed E-state index contributed by atoms with van der Waals surface area (Å²) < 4.78 is 0. The van der Waals surface area contributed by atoms with Gasteiger partial charge in [0.05, 0.1) is 18.4 Å². The molecular weight excluding hydrogens is 266 g/mol. The molecule has 1 N–H and O–H groups in total. The molecule has 0 aromatic heterocycles. The molecule has 1 saturated heterocycles. The molecule has 1 heterocycles. The van der Waals surface area contributed by atoms with Gasteiger partial charge in [0.25, 0.3) is 0 Å². The third-order valence-corrected chi connectivity index (χ3v) is 4.54. The Balaban J connectivity index is 1.83. The van der Waals surface area contributed by atoms with Crippen LogP contribution in [0.2, 0.25) is 0 Å². The lowest BCUT2D eigenvalue weighted by Crippen LogP contribution is -2.35. The quantitative estimate of drug-likeness (QED) is 0.655. The van der Waals surface area contributed by atoms with E-state index in [1.54, 1.807) is 0 Å². The molecule has 3 rings (SSSR count). The third kappa shape index (κ3) is 2.05. The molecule has 2 unspecified atom stereocenters. The van der Waals surface area contributed by atoms with Gasteiger partial charge in [-0.25, -0.2) is 0 Å². The van der Waals surface area contributed by atoms with Crippen molar-refractivity contribution in [2.45, 2.75) is 20.4 Å². The molecule has 0 spiro atoms. The first-order valence-electron chi connectivity index (χ1n) is 7.01. The van der Waals surface area contributed by atoms with Gasteiger partial charge in [0.2, 0.25) is 11.8 Å². The minimum Gasteiger partial charge on any atom is -0.384 e. The third-order valence-electron chi connectivity index (χ3n) is 4.54. The fraction of sp³-hybridized carbons (Fsp3) is 0.412. The molecule has 4 heteroatoms. The van der Waals surface area contributed by atoms with Crippen LogP contribution in [0.5, 0.6) is 0 Å². The molecule has 2 fully saturated rings. The van der Waals surface area contributed by atoms with E-state index in [4.69, 9.17) is 5.11 Å². The lowest BCUT2D eigenvalue weighted by atomic mass is 10.0. The summed E-state index contributed by atoms with van der Waals surface area (Å²) in [5.41, 5.74) is 1.40. The SMILES string of the molecule is CC1(C)C2C(=O)N(Cc3ccccc3C#CCO)C(=O)C21. The van der Waals surface area contributed by atoms with Gasteiger partial charge >= 0.3 is 0 Å². The molecule has 108 valence electrons. The number of likely N-dealkylation sites (tertiary alicyclic amines) is 1. The molecule has 0 bridgehead atoms. The number of nitrogens with zero attached hydrogens (tertiary/aromatic N) is 1. The molecule has 4 nitrogen and oxygen atoms in total. The zero-order valence-corrected chi connectivity index (χ0v) is 12.1. The lowest BCUT2D eigenvalue weighted by molar-refractivity contribution is -0.143. The Bertz CT molecular complexity index is 657. The number of rotatable bonds is 2. The van der Waals surface area contributed by atoms with E-state index in [-0.39, 0.29) is 42.2 Å². The number of aliphatic hydroxyl groups excluding tert-OH is 1. The molecule has 2 atom stereocenters. The summed E-state index contributed by atoms with van der Waals surface area (Å²) in [7, 11) is 0. The van der Waals surface area contributed by atoms with Crippen LogP contribution in [0.3, 0.4) is 0 Å². The Labute approximate surface area is 123 Å². The lowest BCUT2D eigenvalue weighted by Gasteiger charge is -2.21. The van der Waals surface area contributed by atoms with Crippen LogP contribution in [-0.2, 0) is 16.1 Å². The Kier molecular flexibility index (Phi) is 3.11. The molecular formula is C17H17NO3. The number of imide groups is 1. The van der Waals surface area contributed by atoms with Crippen molar-refractivity contribution in [3.8, 4) is 11.8 Å². The van der Waals surface area contributed by atoms with E-state index in [1.165, 1.54) is 4.90 Å². The van der Waals surface area contributed by atoms with Gasteiger partial charge in [-0.2, -0.15) is 0 Å². The van der Waals surface area contributed by atoms with Crippen LogP contribution >= 0.6 is 0 Å². The summed E-state index contributed by atoms with van der Waals surface area (Å²) in [6, 6.07) is 7.39. The molecule has 1 aliphatic carbocycles. The van der Waals surface area contributed by atoms with E-state index in [9.17, 15) is 9.59 Å². The molecule has 1 aromatic rings. The van der Waals surface area contributed by atoms with Crippen molar-refractivity contribution >= 4 is 11.8 Å². The maximum atomic E-state index is 12.3. The monoisotopic (exact) mass is 283 g/mol. The summed E-state index contributed by atoms with van der Waals surface area (Å²) >= 11 is 0. The van der Waals surface area contributed by atoms with E-state index in [1.807, 2.05) is 38.1 Å². The van der Waals surface area contributed by atoms with Gasteiger partial charge in [0.15, 0.2) is 0 Å². The Morgan fingerprint density at radius 2 is 1.81 bits per heavy atom. The number of benzene rings is 1. The van der Waals surface area contributed by atoms with Gasteiger partial charge in [-0.15, -0.1) is 0 Å². The minimum atomic E-state index is -0.214. The van der Waals surface area contributed by atoms with Crippen LogP contribution in [0.15, 0.2) is 24.3 Å². The largest absolute Gasteiger partial charge is 0.384 e. The summed E-state index contributed by atoms with van der Waals surface area (Å²) in [6.07, 6.45) is 0. The molecule has 1 saturated carbocycles. The predicted octanol–water partition coefficient (Wildman–Crippen LogP) is 1.17. The highest BCUT2D eigenvalue weighted by Gasteiger charge is 2.72. The predicted molar refractivity (Wildman–Crippen MR) is 76.7 cm³/mol. The van der Waals surface area contributed by atoms with E-state index in [2.05, 4.69) is 11.8 Å². The normalized spacial score (nSPS) is 25.4. The average molecular weight is 283 g/mol. The standard InChI is InChI=1S/C17H17NO3/c1-17(2)13-14(17)16(21)18(15(13)20)10-12-7-4-3-6-11(12)8-5-9-19/h3-4,6-7,13-14,19H,9-10H2,1-2H3. The second-order valence-electron chi connectivity index (χ2n) is 6.16. The van der Waals surface area contributed by atoms with E-state index < -0.39 is 0 Å². The smallest absolute Gasteiger partial charge is 0.233 e. The highest BCUT2D eigenvalue weighted by molar-refractivity contribution is 6.10. The zero-order chi connectivity index (χ0) is 15.2. The van der Waals surface area contributed by atoms with Gasteiger partial charge in [0.1, 0.15) is 6.61 Å². The van der Waals surface area contributed by atoms with Crippen LogP contribution in [-0.4, -0.2) is 28.4 Å². The number of carbonyl (C=O) groups is 2. The highest BCUT2D eigenvalue weighted by Crippen LogP contribution is 2.63. The van der Waals surface area contributed by atoms with Crippen molar-refractivity contribution in [3.63, 3.8) is 0 Å². The van der Waals surface area contributed by atoms with Gasteiger partial charge in [-0.3, -0.25) is 14.5 Å². The zero-order valence-electron chi connectivity index (χ0n) is 12.1. The summed E-state index contributed by atoms with van der Waals surface area (Å²) in [6.45, 7) is 3.98. The van der Waals surface area contributed by atoms with E-state index >= 15 is 0 Å². The van der Waals surface area contributed by atoms with Crippen molar-refractivity contribution in [1.29, 1.82) is 0 Å². The second-order valence-corrected chi connectivity index (χ2v) is 6.16. The number of carbonyl (C=O) groups excluding carboxylic acids is 2. The number of piperidine rings is 1.